The van der Waals surface area contributed by atoms with Crippen molar-refractivity contribution in [2.45, 2.75) is 59.0 Å². The van der Waals surface area contributed by atoms with Crippen LogP contribution in [-0.4, -0.2) is 54.1 Å². The van der Waals surface area contributed by atoms with Gasteiger partial charge >= 0.3 is 6.09 Å². The van der Waals surface area contributed by atoms with Crippen LogP contribution in [0.5, 0.6) is 0 Å². The molecular weight excluding hydrogens is 340 g/mol. The fourth-order valence-electron chi connectivity index (χ4n) is 3.31. The van der Waals surface area contributed by atoms with E-state index >= 15 is 0 Å². The van der Waals surface area contributed by atoms with Crippen molar-refractivity contribution in [3.05, 3.63) is 35.4 Å². The van der Waals surface area contributed by atoms with Gasteiger partial charge in [0.15, 0.2) is 0 Å². The second-order valence-corrected chi connectivity index (χ2v) is 8.67. The molecule has 1 heterocycles. The highest BCUT2D eigenvalue weighted by Gasteiger charge is 2.27. The van der Waals surface area contributed by atoms with E-state index in [1.165, 1.54) is 11.1 Å². The molecule has 0 aromatic heterocycles. The number of hydrogen-bond donors (Lipinski definition) is 0. The van der Waals surface area contributed by atoms with Gasteiger partial charge in [0, 0.05) is 33.1 Å². The summed E-state index contributed by atoms with van der Waals surface area (Å²) in [6.45, 7) is 9.88. The van der Waals surface area contributed by atoms with Crippen molar-refractivity contribution in [1.29, 1.82) is 0 Å². The van der Waals surface area contributed by atoms with Gasteiger partial charge in [-0.05, 0) is 58.4 Å². The van der Waals surface area contributed by atoms with Gasteiger partial charge < -0.3 is 14.5 Å². The minimum atomic E-state index is -0.460. The highest BCUT2D eigenvalue weighted by molar-refractivity contribution is 5.76. The first-order chi connectivity index (χ1) is 12.6. The molecule has 0 bridgehead atoms. The Balaban J connectivity index is 1.71. The molecule has 0 spiro atoms. The van der Waals surface area contributed by atoms with Crippen LogP contribution in [0.3, 0.4) is 0 Å². The molecule has 5 heteroatoms. The standard InChI is InChI=1S/C22H34N2O3/c1-17-6-8-18(9-7-17)10-11-20(25)23(5)16-19-12-14-24(15-13-19)21(26)27-22(2,3)4/h6-9,19H,10-16H2,1-5H3. The van der Waals surface area contributed by atoms with Gasteiger partial charge in [-0.2, -0.15) is 0 Å². The maximum absolute atomic E-state index is 12.4. The van der Waals surface area contributed by atoms with Crippen LogP contribution >= 0.6 is 0 Å². The number of carbonyl (C=O) groups excluding carboxylic acids is 2. The van der Waals surface area contributed by atoms with E-state index < -0.39 is 5.60 Å². The van der Waals surface area contributed by atoms with Crippen molar-refractivity contribution < 1.29 is 14.3 Å². The number of amides is 2. The molecule has 0 unspecified atom stereocenters. The van der Waals surface area contributed by atoms with Crippen LogP contribution in [0, 0.1) is 12.8 Å². The van der Waals surface area contributed by atoms with Gasteiger partial charge in [0.25, 0.3) is 0 Å². The number of piperidine rings is 1. The van der Waals surface area contributed by atoms with Gasteiger partial charge in [0.2, 0.25) is 5.91 Å². The predicted octanol–water partition coefficient (Wildman–Crippen LogP) is 4.03. The minimum absolute atomic E-state index is 0.185. The summed E-state index contributed by atoms with van der Waals surface area (Å²) >= 11 is 0. The summed E-state index contributed by atoms with van der Waals surface area (Å²) < 4.78 is 5.44. The molecule has 2 rings (SSSR count). The van der Waals surface area contributed by atoms with E-state index in [-0.39, 0.29) is 12.0 Å². The molecule has 1 saturated heterocycles. The lowest BCUT2D eigenvalue weighted by atomic mass is 9.96. The summed E-state index contributed by atoms with van der Waals surface area (Å²) in [6.07, 6.45) is 2.91. The number of aryl methyl sites for hydroxylation is 2. The Kier molecular flexibility index (Phi) is 7.28. The van der Waals surface area contributed by atoms with Crippen LogP contribution in [-0.2, 0) is 16.0 Å². The number of benzene rings is 1. The molecule has 27 heavy (non-hydrogen) atoms. The molecule has 0 atom stereocenters. The fourth-order valence-corrected chi connectivity index (χ4v) is 3.31. The number of ether oxygens (including phenoxy) is 1. The van der Waals surface area contributed by atoms with Gasteiger partial charge in [-0.3, -0.25) is 4.79 Å². The van der Waals surface area contributed by atoms with Crippen molar-refractivity contribution in [3.8, 4) is 0 Å². The van der Waals surface area contributed by atoms with E-state index in [2.05, 4.69) is 31.2 Å². The molecule has 0 N–H and O–H groups in total. The van der Waals surface area contributed by atoms with Gasteiger partial charge in [0.05, 0.1) is 0 Å². The average Bonchev–Trinajstić information content (AvgIpc) is 2.60. The van der Waals surface area contributed by atoms with Crippen LogP contribution in [0.1, 0.15) is 51.2 Å². The Morgan fingerprint density at radius 3 is 2.30 bits per heavy atom. The Morgan fingerprint density at radius 2 is 1.74 bits per heavy atom. The zero-order valence-corrected chi connectivity index (χ0v) is 17.5. The Morgan fingerprint density at radius 1 is 1.15 bits per heavy atom. The average molecular weight is 375 g/mol. The van der Waals surface area contributed by atoms with E-state index in [1.807, 2.05) is 32.7 Å². The molecule has 1 aromatic rings. The number of hydrogen-bond acceptors (Lipinski definition) is 3. The monoisotopic (exact) mass is 374 g/mol. The van der Waals surface area contributed by atoms with Crippen molar-refractivity contribution in [1.82, 2.24) is 9.80 Å². The summed E-state index contributed by atoms with van der Waals surface area (Å²) in [5, 5.41) is 0. The minimum Gasteiger partial charge on any atom is -0.444 e. The molecule has 0 radical (unpaired) electrons. The van der Waals surface area contributed by atoms with Crippen LogP contribution in [0.2, 0.25) is 0 Å². The molecule has 1 fully saturated rings. The summed E-state index contributed by atoms with van der Waals surface area (Å²) in [5.74, 6) is 0.627. The van der Waals surface area contributed by atoms with Crippen molar-refractivity contribution in [2.24, 2.45) is 5.92 Å². The van der Waals surface area contributed by atoms with E-state index in [0.717, 1.165) is 25.8 Å². The third-order valence-electron chi connectivity index (χ3n) is 4.97. The summed E-state index contributed by atoms with van der Waals surface area (Å²) in [6, 6.07) is 8.36. The largest absolute Gasteiger partial charge is 0.444 e. The zero-order chi connectivity index (χ0) is 20.0. The second-order valence-electron chi connectivity index (χ2n) is 8.67. The van der Waals surface area contributed by atoms with E-state index in [1.54, 1.807) is 4.90 Å². The highest BCUT2D eigenvalue weighted by Crippen LogP contribution is 2.20. The van der Waals surface area contributed by atoms with E-state index in [4.69, 9.17) is 4.74 Å². The predicted molar refractivity (Wildman–Crippen MR) is 108 cm³/mol. The lowest BCUT2D eigenvalue weighted by Crippen LogP contribution is -2.44. The SMILES string of the molecule is Cc1ccc(CCC(=O)N(C)CC2CCN(C(=O)OC(C)(C)C)CC2)cc1. The number of likely N-dealkylation sites (tertiary alicyclic amines) is 1. The molecule has 0 aliphatic carbocycles. The molecule has 1 aliphatic heterocycles. The van der Waals surface area contributed by atoms with Gasteiger partial charge in [-0.1, -0.05) is 29.8 Å². The molecule has 1 aliphatic rings. The summed E-state index contributed by atoms with van der Waals surface area (Å²) in [5.41, 5.74) is 1.98. The fraction of sp³-hybridized carbons (Fsp3) is 0.636. The van der Waals surface area contributed by atoms with Gasteiger partial charge in [-0.25, -0.2) is 4.79 Å². The van der Waals surface area contributed by atoms with Crippen molar-refractivity contribution >= 4 is 12.0 Å². The Labute approximate surface area is 163 Å². The highest BCUT2D eigenvalue weighted by atomic mass is 16.6. The lowest BCUT2D eigenvalue weighted by molar-refractivity contribution is -0.130. The molecule has 2 amide bonds. The zero-order valence-electron chi connectivity index (χ0n) is 17.5. The van der Waals surface area contributed by atoms with Gasteiger partial charge in [0.1, 0.15) is 5.60 Å². The number of rotatable bonds is 5. The number of carbonyl (C=O) groups is 2. The second kappa shape index (κ2) is 9.25. The van der Waals surface area contributed by atoms with E-state index in [9.17, 15) is 9.59 Å². The molecule has 0 saturated carbocycles. The van der Waals surface area contributed by atoms with Crippen LogP contribution in [0.4, 0.5) is 4.79 Å². The third-order valence-corrected chi connectivity index (χ3v) is 4.97. The quantitative estimate of drug-likeness (QED) is 0.782. The topological polar surface area (TPSA) is 49.9 Å². The van der Waals surface area contributed by atoms with Crippen molar-refractivity contribution in [3.63, 3.8) is 0 Å². The summed E-state index contributed by atoms with van der Waals surface area (Å²) in [7, 11) is 1.89. The summed E-state index contributed by atoms with van der Waals surface area (Å²) in [4.78, 5) is 28.2. The molecule has 150 valence electrons. The molecule has 5 nitrogen and oxygen atoms in total. The van der Waals surface area contributed by atoms with E-state index in [0.29, 0.717) is 25.4 Å². The normalized spacial score (nSPS) is 15.5. The first kappa shape index (κ1) is 21.3. The third kappa shape index (κ3) is 7.24. The Bertz CT molecular complexity index is 626. The first-order valence-electron chi connectivity index (χ1n) is 9.91. The van der Waals surface area contributed by atoms with Crippen LogP contribution in [0.15, 0.2) is 24.3 Å². The maximum Gasteiger partial charge on any atom is 0.410 e. The lowest BCUT2D eigenvalue weighted by Gasteiger charge is -2.34. The number of nitrogens with zero attached hydrogens (tertiary/aromatic N) is 2. The smallest absolute Gasteiger partial charge is 0.410 e. The van der Waals surface area contributed by atoms with Crippen LogP contribution in [0.25, 0.3) is 0 Å². The van der Waals surface area contributed by atoms with Crippen LogP contribution < -0.4 is 0 Å². The van der Waals surface area contributed by atoms with Crippen molar-refractivity contribution in [2.75, 3.05) is 26.7 Å². The molecular formula is C22H34N2O3. The van der Waals surface area contributed by atoms with Gasteiger partial charge in [-0.15, -0.1) is 0 Å². The Hall–Kier alpha value is -2.04. The molecule has 1 aromatic carbocycles. The maximum atomic E-state index is 12.4. The first-order valence-corrected chi connectivity index (χ1v) is 9.91.